The second-order valence-corrected chi connectivity index (χ2v) is 2.78. The molecule has 0 amide bonds. The van der Waals surface area contributed by atoms with Gasteiger partial charge >= 0.3 is 0 Å². The van der Waals surface area contributed by atoms with E-state index in [4.69, 9.17) is 18.0 Å². The summed E-state index contributed by atoms with van der Waals surface area (Å²) < 4.78 is 0. The molecule has 0 aliphatic carbocycles. The first-order chi connectivity index (χ1) is 4.75. The topological polar surface area (TPSA) is 32.5 Å². The van der Waals surface area contributed by atoms with E-state index in [0.29, 0.717) is 5.11 Å². The van der Waals surface area contributed by atoms with Gasteiger partial charge in [-0.15, -0.1) is 0 Å². The van der Waals surface area contributed by atoms with Gasteiger partial charge in [0.2, 0.25) is 0 Å². The third kappa shape index (κ3) is 1.38. The highest BCUT2D eigenvalue weighted by atomic mass is 32.1. The van der Waals surface area contributed by atoms with Crippen LogP contribution in [0.15, 0.2) is 0 Å². The van der Waals surface area contributed by atoms with Gasteiger partial charge in [-0.1, -0.05) is 6.92 Å². The van der Waals surface area contributed by atoms with Crippen molar-refractivity contribution in [3.05, 3.63) is 0 Å². The summed E-state index contributed by atoms with van der Waals surface area (Å²) in [6.07, 6.45) is 1.17. The van der Waals surface area contributed by atoms with Crippen molar-refractivity contribution in [3.8, 4) is 0 Å². The van der Waals surface area contributed by atoms with Crippen LogP contribution in [0.25, 0.3) is 0 Å². The Morgan fingerprint density at radius 1 is 1.60 bits per heavy atom. The number of rotatable bonds is 1. The molecule has 0 spiro atoms. The predicted octanol–water partition coefficient (Wildman–Crippen LogP) is 0.173. The summed E-state index contributed by atoms with van der Waals surface area (Å²) in [6, 6.07) is 0. The van der Waals surface area contributed by atoms with E-state index in [0.717, 1.165) is 19.6 Å². The van der Waals surface area contributed by atoms with Crippen molar-refractivity contribution in [1.29, 1.82) is 0 Å². The Bertz CT molecular complexity index is 137. The lowest BCUT2D eigenvalue weighted by Gasteiger charge is -2.26. The van der Waals surface area contributed by atoms with Gasteiger partial charge in [-0.05, 0) is 18.6 Å². The van der Waals surface area contributed by atoms with E-state index in [2.05, 4.69) is 11.9 Å². The summed E-state index contributed by atoms with van der Waals surface area (Å²) >= 11 is 4.86. The molecule has 0 aromatic carbocycles. The maximum atomic E-state index is 5.48. The number of nitrogens with zero attached hydrogens (tertiary/aromatic N) is 2. The molecule has 1 heterocycles. The molecule has 1 aliphatic heterocycles. The molecule has 0 aromatic heterocycles. The monoisotopic (exact) mass is 159 g/mol. The summed E-state index contributed by atoms with van der Waals surface area (Å²) in [5, 5.41) is 4.64. The molecule has 1 saturated heterocycles. The molecular weight excluding hydrogens is 146 g/mol. The Balaban J connectivity index is 2.50. The van der Waals surface area contributed by atoms with Crippen LogP contribution >= 0.6 is 12.2 Å². The first kappa shape index (κ1) is 7.75. The highest BCUT2D eigenvalue weighted by Crippen LogP contribution is 2.08. The van der Waals surface area contributed by atoms with Crippen molar-refractivity contribution < 1.29 is 0 Å². The van der Waals surface area contributed by atoms with Gasteiger partial charge in [0.05, 0.1) is 0 Å². The molecule has 3 nitrogen and oxygen atoms in total. The van der Waals surface area contributed by atoms with E-state index >= 15 is 0 Å². The summed E-state index contributed by atoms with van der Waals surface area (Å²) in [6.45, 7) is 5.19. The minimum Gasteiger partial charge on any atom is -0.375 e. The fourth-order valence-electron chi connectivity index (χ4n) is 1.24. The number of nitrogens with two attached hydrogens (primary N) is 1. The van der Waals surface area contributed by atoms with Crippen LogP contribution in [0.4, 0.5) is 0 Å². The van der Waals surface area contributed by atoms with Crippen LogP contribution in [-0.2, 0) is 0 Å². The van der Waals surface area contributed by atoms with E-state index in [-0.39, 0.29) is 0 Å². The van der Waals surface area contributed by atoms with E-state index in [9.17, 15) is 0 Å². The Kier molecular flexibility index (Phi) is 2.45. The molecule has 0 radical (unpaired) electrons. The molecular formula is C6H13N3S. The Morgan fingerprint density at radius 2 is 2.30 bits per heavy atom. The minimum absolute atomic E-state index is 0.499. The zero-order valence-electron chi connectivity index (χ0n) is 6.21. The van der Waals surface area contributed by atoms with Gasteiger partial charge in [0.15, 0.2) is 5.11 Å². The van der Waals surface area contributed by atoms with Crippen LogP contribution in [0, 0.1) is 0 Å². The molecule has 0 unspecified atom stereocenters. The molecule has 10 heavy (non-hydrogen) atoms. The van der Waals surface area contributed by atoms with Crippen LogP contribution in [0.2, 0.25) is 0 Å². The Labute approximate surface area is 66.7 Å². The quantitative estimate of drug-likeness (QED) is 0.553. The van der Waals surface area contributed by atoms with Gasteiger partial charge < -0.3 is 5.73 Å². The fraction of sp³-hybridized carbons (Fsp3) is 0.833. The van der Waals surface area contributed by atoms with Gasteiger partial charge in [0.25, 0.3) is 0 Å². The smallest absolute Gasteiger partial charge is 0.181 e. The van der Waals surface area contributed by atoms with Crippen LogP contribution in [0.5, 0.6) is 0 Å². The van der Waals surface area contributed by atoms with Gasteiger partial charge in [0.1, 0.15) is 0 Å². The maximum Gasteiger partial charge on any atom is 0.181 e. The van der Waals surface area contributed by atoms with Gasteiger partial charge in [-0.3, -0.25) is 5.01 Å². The minimum atomic E-state index is 0.499. The van der Waals surface area contributed by atoms with Crippen molar-refractivity contribution in [2.45, 2.75) is 13.3 Å². The predicted molar refractivity (Wildman–Crippen MR) is 45.4 cm³/mol. The zero-order valence-corrected chi connectivity index (χ0v) is 7.02. The van der Waals surface area contributed by atoms with Crippen molar-refractivity contribution >= 4 is 17.3 Å². The van der Waals surface area contributed by atoms with E-state index in [1.165, 1.54) is 6.42 Å². The van der Waals surface area contributed by atoms with Gasteiger partial charge in [-0.2, -0.15) is 0 Å². The molecule has 4 heteroatoms. The number of hydrogen-bond donors (Lipinski definition) is 1. The van der Waals surface area contributed by atoms with Crippen LogP contribution in [0.1, 0.15) is 13.3 Å². The molecule has 0 aromatic rings. The highest BCUT2D eigenvalue weighted by molar-refractivity contribution is 7.80. The molecule has 0 saturated carbocycles. The lowest BCUT2D eigenvalue weighted by atomic mass is 10.5. The fourth-order valence-corrected chi connectivity index (χ4v) is 1.45. The third-order valence-electron chi connectivity index (χ3n) is 1.75. The first-order valence-electron chi connectivity index (χ1n) is 3.57. The molecule has 2 N–H and O–H groups in total. The number of hydrogen-bond acceptors (Lipinski definition) is 2. The average Bonchev–Trinajstić information content (AvgIpc) is 2.33. The second kappa shape index (κ2) is 3.16. The summed E-state index contributed by atoms with van der Waals surface area (Å²) in [5.41, 5.74) is 5.48. The van der Waals surface area contributed by atoms with Crippen molar-refractivity contribution in [1.82, 2.24) is 10.0 Å². The third-order valence-corrected chi connectivity index (χ3v) is 1.96. The Hall–Kier alpha value is -0.350. The summed E-state index contributed by atoms with van der Waals surface area (Å²) in [4.78, 5) is 0. The summed E-state index contributed by atoms with van der Waals surface area (Å²) in [5.74, 6) is 0. The largest absolute Gasteiger partial charge is 0.375 e. The standard InChI is InChI=1S/C6H13N3S/c1-2-8-4-3-5-9(8)6(7)10/h2-5H2,1H3,(H2,7,10). The van der Waals surface area contributed by atoms with E-state index < -0.39 is 0 Å². The average molecular weight is 159 g/mol. The lowest BCUT2D eigenvalue weighted by molar-refractivity contribution is 0.115. The van der Waals surface area contributed by atoms with Gasteiger partial charge in [-0.25, -0.2) is 5.01 Å². The normalized spacial score (nSPS) is 19.9. The van der Waals surface area contributed by atoms with Crippen molar-refractivity contribution in [2.24, 2.45) is 5.73 Å². The first-order valence-corrected chi connectivity index (χ1v) is 3.98. The maximum absolute atomic E-state index is 5.48. The molecule has 1 fully saturated rings. The SMILES string of the molecule is CCN1CCCN1C(N)=S. The molecule has 0 bridgehead atoms. The number of hydrazine groups is 1. The van der Waals surface area contributed by atoms with E-state index in [1.54, 1.807) is 0 Å². The molecule has 0 atom stereocenters. The summed E-state index contributed by atoms with van der Waals surface area (Å²) in [7, 11) is 0. The highest BCUT2D eigenvalue weighted by Gasteiger charge is 2.20. The molecule has 1 aliphatic rings. The van der Waals surface area contributed by atoms with Crippen molar-refractivity contribution in [3.63, 3.8) is 0 Å². The van der Waals surface area contributed by atoms with Gasteiger partial charge in [0, 0.05) is 19.6 Å². The van der Waals surface area contributed by atoms with Crippen LogP contribution in [0.3, 0.4) is 0 Å². The van der Waals surface area contributed by atoms with Crippen LogP contribution in [-0.4, -0.2) is 34.8 Å². The Morgan fingerprint density at radius 3 is 2.70 bits per heavy atom. The number of thiocarbonyl (C=S) groups is 1. The van der Waals surface area contributed by atoms with E-state index in [1.807, 2.05) is 5.01 Å². The molecule has 58 valence electrons. The zero-order chi connectivity index (χ0) is 7.56. The van der Waals surface area contributed by atoms with Crippen molar-refractivity contribution in [2.75, 3.05) is 19.6 Å². The lowest BCUT2D eigenvalue weighted by Crippen LogP contribution is -2.43. The molecule has 1 rings (SSSR count). The van der Waals surface area contributed by atoms with Crippen LogP contribution < -0.4 is 5.73 Å². The second-order valence-electron chi connectivity index (χ2n) is 2.36.